The summed E-state index contributed by atoms with van der Waals surface area (Å²) >= 11 is 1.66. The number of benzene rings is 2. The van der Waals surface area contributed by atoms with Crippen LogP contribution in [0.3, 0.4) is 0 Å². The van der Waals surface area contributed by atoms with Crippen LogP contribution in [0.15, 0.2) is 42.5 Å². The Balaban J connectivity index is 1.40. The molecule has 0 saturated heterocycles. The highest BCUT2D eigenvalue weighted by Gasteiger charge is 2.17. The normalized spacial score (nSPS) is 14.2. The van der Waals surface area contributed by atoms with Crippen molar-refractivity contribution in [1.82, 2.24) is 4.98 Å². The van der Waals surface area contributed by atoms with Gasteiger partial charge in [0.25, 0.3) is 5.91 Å². The molecule has 1 heterocycles. The van der Waals surface area contributed by atoms with Gasteiger partial charge in [-0.2, -0.15) is 0 Å². The number of unbranched alkanes of at least 4 members (excludes halogenated alkanes) is 1. The summed E-state index contributed by atoms with van der Waals surface area (Å²) in [5, 5.41) is 4.01. The number of ether oxygens (including phenoxy) is 1. The second kappa shape index (κ2) is 9.47. The maximum absolute atomic E-state index is 12.7. The number of hydrogen-bond donors (Lipinski definition) is 1. The molecule has 1 aromatic heterocycles. The van der Waals surface area contributed by atoms with Crippen molar-refractivity contribution in [3.63, 3.8) is 0 Å². The molecular weight excluding hydrogens is 394 g/mol. The van der Waals surface area contributed by atoms with Gasteiger partial charge in [-0.15, -0.1) is 0 Å². The summed E-state index contributed by atoms with van der Waals surface area (Å²) in [4.78, 5) is 19.6. The van der Waals surface area contributed by atoms with Crippen molar-refractivity contribution in [2.24, 2.45) is 0 Å². The second-order valence-corrected chi connectivity index (χ2v) is 8.97. The fourth-order valence-electron chi connectivity index (χ4n) is 3.73. The lowest BCUT2D eigenvalue weighted by Gasteiger charge is -2.14. The van der Waals surface area contributed by atoms with Crippen LogP contribution in [0.1, 0.15) is 55.8 Å². The molecule has 0 spiro atoms. The van der Waals surface area contributed by atoms with E-state index in [4.69, 9.17) is 9.72 Å². The zero-order chi connectivity index (χ0) is 20.9. The summed E-state index contributed by atoms with van der Waals surface area (Å²) in [6.07, 6.45) is 7.37. The molecule has 2 aromatic carbocycles. The summed E-state index contributed by atoms with van der Waals surface area (Å²) in [6.45, 7) is 3.19. The van der Waals surface area contributed by atoms with Crippen molar-refractivity contribution in [3.8, 4) is 5.75 Å². The number of thiazole rings is 1. The fraction of sp³-hybridized carbons (Fsp3) is 0.417. The zero-order valence-electron chi connectivity index (χ0n) is 17.7. The SMILES string of the molecule is CCCCN(C)c1nc2ccc(NC(=O)c3ccc(OC4CCCC4)cc3)cc2s1. The molecule has 5 nitrogen and oxygen atoms in total. The topological polar surface area (TPSA) is 54.5 Å². The molecule has 3 aromatic rings. The quantitative estimate of drug-likeness (QED) is 0.475. The van der Waals surface area contributed by atoms with Gasteiger partial charge in [-0.25, -0.2) is 4.98 Å². The van der Waals surface area contributed by atoms with Crippen LogP contribution < -0.4 is 15.0 Å². The lowest BCUT2D eigenvalue weighted by atomic mass is 10.2. The lowest BCUT2D eigenvalue weighted by molar-refractivity contribution is 0.102. The molecule has 1 saturated carbocycles. The smallest absolute Gasteiger partial charge is 0.255 e. The van der Waals surface area contributed by atoms with E-state index >= 15 is 0 Å². The number of amides is 1. The van der Waals surface area contributed by atoms with Crippen LogP contribution in [0.4, 0.5) is 10.8 Å². The Hall–Kier alpha value is -2.60. The van der Waals surface area contributed by atoms with Gasteiger partial charge >= 0.3 is 0 Å². The summed E-state index contributed by atoms with van der Waals surface area (Å²) in [7, 11) is 2.08. The van der Waals surface area contributed by atoms with E-state index in [-0.39, 0.29) is 5.91 Å². The largest absolute Gasteiger partial charge is 0.490 e. The van der Waals surface area contributed by atoms with Gasteiger partial charge in [-0.1, -0.05) is 24.7 Å². The Morgan fingerprint density at radius 1 is 1.20 bits per heavy atom. The maximum Gasteiger partial charge on any atom is 0.255 e. The minimum absolute atomic E-state index is 0.119. The first-order valence-corrected chi connectivity index (χ1v) is 11.6. The van der Waals surface area contributed by atoms with Crippen LogP contribution >= 0.6 is 11.3 Å². The highest BCUT2D eigenvalue weighted by atomic mass is 32.1. The van der Waals surface area contributed by atoms with E-state index in [0.29, 0.717) is 11.7 Å². The van der Waals surface area contributed by atoms with Gasteiger partial charge in [0.15, 0.2) is 5.13 Å². The fourth-order valence-corrected chi connectivity index (χ4v) is 4.72. The molecule has 1 aliphatic rings. The van der Waals surface area contributed by atoms with Crippen molar-refractivity contribution in [2.75, 3.05) is 23.8 Å². The van der Waals surface area contributed by atoms with E-state index in [1.54, 1.807) is 11.3 Å². The molecule has 1 aliphatic carbocycles. The summed E-state index contributed by atoms with van der Waals surface area (Å²) in [6, 6.07) is 13.3. The van der Waals surface area contributed by atoms with Crippen LogP contribution in [0, 0.1) is 0 Å². The number of hydrogen-bond acceptors (Lipinski definition) is 5. The number of rotatable bonds is 8. The van der Waals surface area contributed by atoms with E-state index in [1.165, 1.54) is 19.3 Å². The van der Waals surface area contributed by atoms with E-state index in [0.717, 1.165) is 52.6 Å². The van der Waals surface area contributed by atoms with Crippen LogP contribution in [0.25, 0.3) is 10.2 Å². The molecule has 1 N–H and O–H groups in total. The van der Waals surface area contributed by atoms with Crippen molar-refractivity contribution in [1.29, 1.82) is 0 Å². The molecule has 1 fully saturated rings. The third-order valence-corrected chi connectivity index (χ3v) is 6.66. The number of fused-ring (bicyclic) bond motifs is 1. The molecule has 0 bridgehead atoms. The highest BCUT2D eigenvalue weighted by molar-refractivity contribution is 7.22. The second-order valence-electron chi connectivity index (χ2n) is 7.96. The van der Waals surface area contributed by atoms with Gasteiger partial charge in [-0.05, 0) is 74.6 Å². The predicted molar refractivity (Wildman–Crippen MR) is 125 cm³/mol. The Labute approximate surface area is 182 Å². The molecular formula is C24H29N3O2S. The average molecular weight is 424 g/mol. The first-order chi connectivity index (χ1) is 14.6. The minimum Gasteiger partial charge on any atom is -0.490 e. The Bertz CT molecular complexity index is 993. The van der Waals surface area contributed by atoms with E-state index in [9.17, 15) is 4.79 Å². The standard InChI is InChI=1S/C24H29N3O2S/c1-3-4-15-27(2)24-26-21-14-11-18(16-22(21)30-24)25-23(28)17-9-12-20(13-10-17)29-19-7-5-6-8-19/h9-14,16,19H,3-8,15H2,1-2H3,(H,25,28). The number of nitrogens with one attached hydrogen (secondary N) is 1. The van der Waals surface area contributed by atoms with Crippen molar-refractivity contribution in [2.45, 2.75) is 51.6 Å². The number of carbonyl (C=O) groups excluding carboxylic acids is 1. The minimum atomic E-state index is -0.119. The van der Waals surface area contributed by atoms with Crippen molar-refractivity contribution < 1.29 is 9.53 Å². The number of anilines is 2. The third-order valence-electron chi connectivity index (χ3n) is 5.53. The van der Waals surface area contributed by atoms with Crippen molar-refractivity contribution in [3.05, 3.63) is 48.0 Å². The molecule has 6 heteroatoms. The number of aromatic nitrogens is 1. The molecule has 0 unspecified atom stereocenters. The van der Waals surface area contributed by atoms with Crippen LogP contribution in [0.5, 0.6) is 5.75 Å². The van der Waals surface area contributed by atoms with Gasteiger partial charge in [-0.3, -0.25) is 4.79 Å². The Kier molecular flexibility index (Phi) is 6.53. The number of carbonyl (C=O) groups is 1. The van der Waals surface area contributed by atoms with E-state index in [1.807, 2.05) is 42.5 Å². The molecule has 0 radical (unpaired) electrons. The molecule has 0 aliphatic heterocycles. The van der Waals surface area contributed by atoms with Gasteiger partial charge < -0.3 is 15.0 Å². The van der Waals surface area contributed by atoms with Crippen LogP contribution in [-0.4, -0.2) is 30.6 Å². The van der Waals surface area contributed by atoms with E-state index in [2.05, 4.69) is 24.2 Å². The molecule has 0 atom stereocenters. The third kappa shape index (κ3) is 4.93. The van der Waals surface area contributed by atoms with E-state index < -0.39 is 0 Å². The number of nitrogens with zero attached hydrogens (tertiary/aromatic N) is 2. The molecule has 158 valence electrons. The molecule has 1 amide bonds. The zero-order valence-corrected chi connectivity index (χ0v) is 18.5. The van der Waals surface area contributed by atoms with Crippen LogP contribution in [0.2, 0.25) is 0 Å². The molecule has 30 heavy (non-hydrogen) atoms. The highest BCUT2D eigenvalue weighted by Crippen LogP contribution is 2.30. The van der Waals surface area contributed by atoms with Gasteiger partial charge in [0, 0.05) is 24.8 Å². The first-order valence-electron chi connectivity index (χ1n) is 10.8. The summed E-state index contributed by atoms with van der Waals surface area (Å²) in [5.74, 6) is 0.718. The lowest BCUT2D eigenvalue weighted by Crippen LogP contribution is -2.17. The van der Waals surface area contributed by atoms with Crippen molar-refractivity contribution >= 4 is 38.3 Å². The average Bonchev–Trinajstić information content (AvgIpc) is 3.42. The van der Waals surface area contributed by atoms with Gasteiger partial charge in [0.2, 0.25) is 0 Å². The summed E-state index contributed by atoms with van der Waals surface area (Å²) < 4.78 is 7.06. The maximum atomic E-state index is 12.7. The Morgan fingerprint density at radius 2 is 1.97 bits per heavy atom. The van der Waals surface area contributed by atoms with Gasteiger partial charge in [0.05, 0.1) is 16.3 Å². The van der Waals surface area contributed by atoms with Crippen LogP contribution in [-0.2, 0) is 0 Å². The predicted octanol–water partition coefficient (Wildman–Crippen LogP) is 6.11. The Morgan fingerprint density at radius 3 is 2.70 bits per heavy atom. The molecule has 4 rings (SSSR count). The van der Waals surface area contributed by atoms with Gasteiger partial charge in [0.1, 0.15) is 5.75 Å². The first kappa shape index (κ1) is 20.7. The monoisotopic (exact) mass is 423 g/mol. The summed E-state index contributed by atoms with van der Waals surface area (Å²) in [5.41, 5.74) is 2.37.